The molecule has 1 unspecified atom stereocenters. The van der Waals surface area contributed by atoms with Crippen molar-refractivity contribution in [2.24, 2.45) is 5.92 Å². The van der Waals surface area contributed by atoms with E-state index in [4.69, 9.17) is 9.84 Å². The summed E-state index contributed by atoms with van der Waals surface area (Å²) in [6.45, 7) is 8.22. The van der Waals surface area contributed by atoms with Crippen molar-refractivity contribution in [2.45, 2.75) is 26.2 Å². The first-order valence-electron chi connectivity index (χ1n) is 6.95. The fraction of sp³-hybridized carbons (Fsp3) is 0.714. The Hall–Kier alpha value is -1.56. The fourth-order valence-corrected chi connectivity index (χ4v) is 2.25. The van der Waals surface area contributed by atoms with Crippen molar-refractivity contribution in [1.82, 2.24) is 10.2 Å². The van der Waals surface area contributed by atoms with E-state index in [-0.39, 0.29) is 18.4 Å². The number of ether oxygens (including phenoxy) is 1. The third kappa shape index (κ3) is 6.56. The molecule has 1 heterocycles. The van der Waals surface area contributed by atoms with E-state index in [1.165, 1.54) is 0 Å². The van der Waals surface area contributed by atoms with Crippen molar-refractivity contribution in [3.05, 3.63) is 12.2 Å². The monoisotopic (exact) mass is 284 g/mol. The van der Waals surface area contributed by atoms with Crippen LogP contribution in [0.1, 0.15) is 26.2 Å². The van der Waals surface area contributed by atoms with E-state index >= 15 is 0 Å². The highest BCUT2D eigenvalue weighted by Crippen LogP contribution is 2.19. The molecule has 6 nitrogen and oxygen atoms in total. The molecule has 0 spiro atoms. The molecule has 0 aromatic heterocycles. The maximum Gasteiger partial charge on any atom is 0.317 e. The van der Waals surface area contributed by atoms with Crippen LogP contribution in [-0.4, -0.2) is 54.9 Å². The van der Waals surface area contributed by atoms with Gasteiger partial charge in [0.1, 0.15) is 0 Å². The standard InChI is InChI=1S/C14H24N2O4/c1-11(2)10-20-7-5-15-14(19)16-6-3-4-12(9-16)8-13(17)18/h12H,1,3-10H2,2H3,(H,15,19)(H,17,18). The minimum Gasteiger partial charge on any atom is -0.481 e. The molecule has 1 aliphatic rings. The van der Waals surface area contributed by atoms with Gasteiger partial charge in [-0.1, -0.05) is 12.2 Å². The molecule has 1 saturated heterocycles. The van der Waals surface area contributed by atoms with Crippen molar-refractivity contribution in [3.8, 4) is 0 Å². The third-order valence-electron chi connectivity index (χ3n) is 3.14. The van der Waals surface area contributed by atoms with E-state index in [9.17, 15) is 9.59 Å². The summed E-state index contributed by atoms with van der Waals surface area (Å²) in [6.07, 6.45) is 1.86. The predicted octanol–water partition coefficient (Wildman–Crippen LogP) is 1.48. The van der Waals surface area contributed by atoms with Crippen LogP contribution in [0, 0.1) is 5.92 Å². The first-order chi connectivity index (χ1) is 9.49. The SMILES string of the molecule is C=C(C)COCCNC(=O)N1CCCC(CC(=O)O)C1. The molecule has 6 heteroatoms. The zero-order chi connectivity index (χ0) is 15.0. The van der Waals surface area contributed by atoms with Crippen LogP contribution < -0.4 is 5.32 Å². The normalized spacial score (nSPS) is 18.6. The van der Waals surface area contributed by atoms with Gasteiger partial charge in [-0.05, 0) is 25.7 Å². The van der Waals surface area contributed by atoms with Gasteiger partial charge in [-0.3, -0.25) is 4.79 Å². The summed E-state index contributed by atoms with van der Waals surface area (Å²) in [6, 6.07) is -0.140. The van der Waals surface area contributed by atoms with Crippen molar-refractivity contribution in [1.29, 1.82) is 0 Å². The van der Waals surface area contributed by atoms with E-state index in [1.807, 2.05) is 6.92 Å². The summed E-state index contributed by atoms with van der Waals surface area (Å²) in [4.78, 5) is 24.3. The molecule has 0 bridgehead atoms. The molecule has 0 radical (unpaired) electrons. The molecule has 0 aromatic carbocycles. The average Bonchev–Trinajstić information content (AvgIpc) is 2.37. The lowest BCUT2D eigenvalue weighted by Gasteiger charge is -2.32. The molecule has 20 heavy (non-hydrogen) atoms. The maximum absolute atomic E-state index is 11.9. The molecule has 2 amide bonds. The quantitative estimate of drug-likeness (QED) is 0.548. The van der Waals surface area contributed by atoms with E-state index in [2.05, 4.69) is 11.9 Å². The predicted molar refractivity (Wildman–Crippen MR) is 75.6 cm³/mol. The van der Waals surface area contributed by atoms with Gasteiger partial charge in [0.25, 0.3) is 0 Å². The van der Waals surface area contributed by atoms with E-state index in [1.54, 1.807) is 4.90 Å². The summed E-state index contributed by atoms with van der Waals surface area (Å²) >= 11 is 0. The van der Waals surface area contributed by atoms with Gasteiger partial charge >= 0.3 is 12.0 Å². The topological polar surface area (TPSA) is 78.9 Å². The van der Waals surface area contributed by atoms with Crippen molar-refractivity contribution in [2.75, 3.05) is 32.8 Å². The number of hydrogen-bond donors (Lipinski definition) is 2. The third-order valence-corrected chi connectivity index (χ3v) is 3.14. The molecule has 1 fully saturated rings. The highest BCUT2D eigenvalue weighted by molar-refractivity contribution is 5.74. The van der Waals surface area contributed by atoms with E-state index in [0.717, 1.165) is 18.4 Å². The maximum atomic E-state index is 11.9. The Bertz CT molecular complexity index is 357. The number of carbonyl (C=O) groups is 2. The number of carboxylic acid groups (broad SMARTS) is 1. The summed E-state index contributed by atoms with van der Waals surface area (Å²) in [7, 11) is 0. The number of likely N-dealkylation sites (tertiary alicyclic amines) is 1. The summed E-state index contributed by atoms with van der Waals surface area (Å²) < 4.78 is 5.30. The zero-order valence-electron chi connectivity index (χ0n) is 12.1. The molecule has 0 aliphatic carbocycles. The largest absolute Gasteiger partial charge is 0.481 e. The zero-order valence-corrected chi connectivity index (χ0v) is 12.1. The number of rotatable bonds is 7. The first kappa shape index (κ1) is 16.5. The average molecular weight is 284 g/mol. The number of piperidine rings is 1. The van der Waals surface area contributed by atoms with Crippen molar-refractivity contribution >= 4 is 12.0 Å². The molecule has 2 N–H and O–H groups in total. The van der Waals surface area contributed by atoms with Gasteiger partial charge in [-0.2, -0.15) is 0 Å². The molecule has 1 rings (SSSR count). The summed E-state index contributed by atoms with van der Waals surface area (Å²) in [5.74, 6) is -0.739. The van der Waals surface area contributed by atoms with E-state index in [0.29, 0.717) is 32.8 Å². The molecule has 1 aliphatic heterocycles. The molecular formula is C14H24N2O4. The van der Waals surface area contributed by atoms with E-state index < -0.39 is 5.97 Å². The second kappa shape index (κ2) is 8.58. The minimum absolute atomic E-state index is 0.0617. The van der Waals surface area contributed by atoms with Gasteiger partial charge in [0.15, 0.2) is 0 Å². The number of nitrogens with one attached hydrogen (secondary N) is 1. The second-order valence-electron chi connectivity index (χ2n) is 5.29. The highest BCUT2D eigenvalue weighted by atomic mass is 16.5. The van der Waals surface area contributed by atoms with Crippen molar-refractivity contribution in [3.63, 3.8) is 0 Å². The number of hydrogen-bond acceptors (Lipinski definition) is 3. The Balaban J connectivity index is 2.21. The summed E-state index contributed by atoms with van der Waals surface area (Å²) in [5.41, 5.74) is 0.948. The van der Waals surface area contributed by atoms with Crippen LogP contribution in [0.2, 0.25) is 0 Å². The Morgan fingerprint density at radius 1 is 1.50 bits per heavy atom. The molecule has 114 valence electrons. The molecular weight excluding hydrogens is 260 g/mol. The van der Waals surface area contributed by atoms with Crippen LogP contribution in [0.3, 0.4) is 0 Å². The van der Waals surface area contributed by atoms with Crippen LogP contribution in [0.15, 0.2) is 12.2 Å². The minimum atomic E-state index is -0.801. The first-order valence-corrected chi connectivity index (χ1v) is 6.95. The molecule has 1 atom stereocenters. The van der Waals surface area contributed by atoms with Crippen LogP contribution >= 0.6 is 0 Å². The lowest BCUT2D eigenvalue weighted by atomic mass is 9.95. The van der Waals surface area contributed by atoms with Crippen molar-refractivity contribution < 1.29 is 19.4 Å². The smallest absolute Gasteiger partial charge is 0.317 e. The second-order valence-corrected chi connectivity index (χ2v) is 5.29. The Morgan fingerprint density at radius 3 is 2.90 bits per heavy atom. The number of amides is 2. The number of carboxylic acids is 1. The van der Waals surface area contributed by atoms with Crippen LogP contribution in [0.5, 0.6) is 0 Å². The van der Waals surface area contributed by atoms with Crippen LogP contribution in [-0.2, 0) is 9.53 Å². The number of urea groups is 1. The Morgan fingerprint density at radius 2 is 2.25 bits per heavy atom. The summed E-state index contributed by atoms with van der Waals surface area (Å²) in [5, 5.41) is 11.6. The number of aliphatic carboxylic acids is 1. The fourth-order valence-electron chi connectivity index (χ4n) is 2.25. The molecule has 0 aromatic rings. The molecule has 0 saturated carbocycles. The highest BCUT2D eigenvalue weighted by Gasteiger charge is 2.24. The van der Waals surface area contributed by atoms with Gasteiger partial charge in [0.05, 0.1) is 13.2 Å². The van der Waals surface area contributed by atoms with Gasteiger partial charge in [-0.25, -0.2) is 4.79 Å². The number of nitrogens with zero attached hydrogens (tertiary/aromatic N) is 1. The lowest BCUT2D eigenvalue weighted by molar-refractivity contribution is -0.138. The Labute approximate surface area is 119 Å². The van der Waals surface area contributed by atoms with Gasteiger partial charge in [0, 0.05) is 26.1 Å². The van der Waals surface area contributed by atoms with Crippen LogP contribution in [0.4, 0.5) is 4.79 Å². The van der Waals surface area contributed by atoms with Gasteiger partial charge in [0.2, 0.25) is 0 Å². The Kier molecular flexibility index (Phi) is 7.08. The van der Waals surface area contributed by atoms with Gasteiger partial charge < -0.3 is 20.1 Å². The van der Waals surface area contributed by atoms with Gasteiger partial charge in [-0.15, -0.1) is 0 Å². The number of carbonyl (C=O) groups excluding carboxylic acids is 1. The van der Waals surface area contributed by atoms with Crippen LogP contribution in [0.25, 0.3) is 0 Å². The lowest BCUT2D eigenvalue weighted by Crippen LogP contribution is -2.46.